The summed E-state index contributed by atoms with van der Waals surface area (Å²) in [4.78, 5) is 24.1. The zero-order valence-electron chi connectivity index (χ0n) is 14.4. The van der Waals surface area contributed by atoms with Gasteiger partial charge in [0.2, 0.25) is 15.9 Å². The van der Waals surface area contributed by atoms with Crippen LogP contribution in [-0.2, 0) is 21.4 Å². The summed E-state index contributed by atoms with van der Waals surface area (Å²) in [6.07, 6.45) is 1.77. The molecular formula is C15H21N5O4S2. The van der Waals surface area contributed by atoms with E-state index in [-0.39, 0.29) is 16.5 Å². The molecule has 2 rings (SSSR count). The molecule has 1 atom stereocenters. The second kappa shape index (κ2) is 8.52. The van der Waals surface area contributed by atoms with E-state index in [1.807, 2.05) is 6.92 Å². The summed E-state index contributed by atoms with van der Waals surface area (Å²) in [7, 11) is -3.78. The van der Waals surface area contributed by atoms with Gasteiger partial charge in [-0.1, -0.05) is 25.1 Å². The predicted molar refractivity (Wildman–Crippen MR) is 99.5 cm³/mol. The number of H-pyrrole nitrogens is 1. The fourth-order valence-corrected chi connectivity index (χ4v) is 3.49. The number of hydrogen-bond acceptors (Lipinski definition) is 6. The van der Waals surface area contributed by atoms with E-state index in [4.69, 9.17) is 5.14 Å². The van der Waals surface area contributed by atoms with Crippen LogP contribution in [0, 0.1) is 0 Å². The molecule has 9 nitrogen and oxygen atoms in total. The van der Waals surface area contributed by atoms with Gasteiger partial charge in [-0.3, -0.25) is 9.36 Å². The number of amides is 1. The van der Waals surface area contributed by atoms with Gasteiger partial charge < -0.3 is 5.32 Å². The van der Waals surface area contributed by atoms with E-state index >= 15 is 0 Å². The maximum Gasteiger partial charge on any atom is 0.343 e. The van der Waals surface area contributed by atoms with Crippen LogP contribution in [0.25, 0.3) is 0 Å². The molecular weight excluding hydrogens is 378 g/mol. The van der Waals surface area contributed by atoms with E-state index < -0.39 is 15.3 Å². The summed E-state index contributed by atoms with van der Waals surface area (Å²) < 4.78 is 24.0. The molecule has 11 heteroatoms. The SMILES string of the molecule is CCCCn1c(S[C@@H](C)C(=O)Nc2ccc(S(N)(=O)=O)cc2)n[nH]c1=O. The van der Waals surface area contributed by atoms with Crippen molar-refractivity contribution in [3.8, 4) is 0 Å². The number of nitrogens with zero attached hydrogens (tertiary/aromatic N) is 2. The number of carbonyl (C=O) groups is 1. The molecule has 4 N–H and O–H groups in total. The van der Waals surface area contributed by atoms with Crippen molar-refractivity contribution in [3.63, 3.8) is 0 Å². The van der Waals surface area contributed by atoms with Gasteiger partial charge in [0, 0.05) is 12.2 Å². The number of hydrogen-bond donors (Lipinski definition) is 3. The molecule has 142 valence electrons. The Morgan fingerprint density at radius 1 is 1.38 bits per heavy atom. The lowest BCUT2D eigenvalue weighted by Gasteiger charge is -2.12. The van der Waals surface area contributed by atoms with Gasteiger partial charge in [-0.15, -0.1) is 5.10 Å². The second-order valence-corrected chi connectivity index (χ2v) is 8.50. The van der Waals surface area contributed by atoms with Crippen molar-refractivity contribution in [1.29, 1.82) is 0 Å². The van der Waals surface area contributed by atoms with Crippen molar-refractivity contribution in [2.24, 2.45) is 5.14 Å². The number of nitrogens with one attached hydrogen (secondary N) is 2. The number of aromatic amines is 1. The maximum atomic E-state index is 12.3. The van der Waals surface area contributed by atoms with Gasteiger partial charge in [0.05, 0.1) is 10.1 Å². The molecule has 1 aromatic carbocycles. The van der Waals surface area contributed by atoms with E-state index in [2.05, 4.69) is 15.5 Å². The third-order valence-electron chi connectivity index (χ3n) is 3.56. The molecule has 26 heavy (non-hydrogen) atoms. The Kier molecular flexibility index (Phi) is 6.62. The van der Waals surface area contributed by atoms with E-state index in [0.29, 0.717) is 17.4 Å². The molecule has 0 aliphatic rings. The highest BCUT2D eigenvalue weighted by Crippen LogP contribution is 2.22. The molecule has 1 heterocycles. The normalized spacial score (nSPS) is 12.7. The molecule has 0 fully saturated rings. The lowest BCUT2D eigenvalue weighted by molar-refractivity contribution is -0.115. The lowest BCUT2D eigenvalue weighted by atomic mass is 10.3. The number of unbranched alkanes of at least 4 members (excludes halogenated alkanes) is 1. The quantitative estimate of drug-likeness (QED) is 0.569. The summed E-state index contributed by atoms with van der Waals surface area (Å²) in [5.74, 6) is -0.296. The minimum Gasteiger partial charge on any atom is -0.325 e. The standard InChI is InChI=1S/C15H21N5O4S2/c1-3-4-9-20-14(22)18-19-15(20)25-10(2)13(21)17-11-5-7-12(8-6-11)26(16,23)24/h5-8,10H,3-4,9H2,1-2H3,(H,17,21)(H,18,22)(H2,16,23,24)/t10-/m0/s1. The largest absolute Gasteiger partial charge is 0.343 e. The number of benzene rings is 1. The Hall–Kier alpha value is -2.11. The van der Waals surface area contributed by atoms with Gasteiger partial charge in [0.25, 0.3) is 0 Å². The van der Waals surface area contributed by atoms with Crippen LogP contribution >= 0.6 is 11.8 Å². The Balaban J connectivity index is 2.03. The van der Waals surface area contributed by atoms with Gasteiger partial charge >= 0.3 is 5.69 Å². The van der Waals surface area contributed by atoms with E-state index in [1.165, 1.54) is 40.6 Å². The molecule has 0 aliphatic carbocycles. The molecule has 0 aliphatic heterocycles. The van der Waals surface area contributed by atoms with Crippen molar-refractivity contribution < 1.29 is 13.2 Å². The minimum absolute atomic E-state index is 0.0330. The fourth-order valence-electron chi connectivity index (χ4n) is 2.09. The first-order chi connectivity index (χ1) is 12.2. The van der Waals surface area contributed by atoms with Gasteiger partial charge in [-0.25, -0.2) is 23.4 Å². The van der Waals surface area contributed by atoms with Gasteiger partial charge in [-0.05, 0) is 37.6 Å². The van der Waals surface area contributed by atoms with Crippen molar-refractivity contribution >= 4 is 33.4 Å². The predicted octanol–water partition coefficient (Wildman–Crippen LogP) is 1.14. The lowest BCUT2D eigenvalue weighted by Crippen LogP contribution is -2.24. The molecule has 0 saturated carbocycles. The number of carbonyl (C=O) groups excluding carboxylic acids is 1. The van der Waals surface area contributed by atoms with E-state index in [0.717, 1.165) is 12.8 Å². The van der Waals surface area contributed by atoms with E-state index in [9.17, 15) is 18.0 Å². The smallest absolute Gasteiger partial charge is 0.325 e. The molecule has 0 saturated heterocycles. The summed E-state index contributed by atoms with van der Waals surface area (Å²) in [6.45, 7) is 4.26. The average molecular weight is 399 g/mol. The van der Waals surface area contributed by atoms with Crippen LogP contribution < -0.4 is 16.1 Å². The molecule has 1 amide bonds. The second-order valence-electron chi connectivity index (χ2n) is 5.64. The van der Waals surface area contributed by atoms with Crippen molar-refractivity contribution in [1.82, 2.24) is 14.8 Å². The monoisotopic (exact) mass is 399 g/mol. The third kappa shape index (κ3) is 5.19. The van der Waals surface area contributed by atoms with Crippen molar-refractivity contribution in [2.45, 2.75) is 48.5 Å². The van der Waals surface area contributed by atoms with E-state index in [1.54, 1.807) is 6.92 Å². The van der Waals surface area contributed by atoms with Crippen LogP contribution in [0.2, 0.25) is 0 Å². The molecule has 0 bridgehead atoms. The first-order valence-electron chi connectivity index (χ1n) is 7.98. The highest BCUT2D eigenvalue weighted by Gasteiger charge is 2.19. The summed E-state index contributed by atoms with van der Waals surface area (Å²) >= 11 is 1.17. The van der Waals surface area contributed by atoms with Gasteiger partial charge in [0.1, 0.15) is 0 Å². The number of primary sulfonamides is 1. The van der Waals surface area contributed by atoms with Crippen LogP contribution in [0.4, 0.5) is 5.69 Å². The average Bonchev–Trinajstić information content (AvgIpc) is 2.92. The fraction of sp³-hybridized carbons (Fsp3) is 0.400. The Bertz CT molecular complexity index is 918. The summed E-state index contributed by atoms with van der Waals surface area (Å²) in [6, 6.07) is 5.55. The Morgan fingerprint density at radius 2 is 2.04 bits per heavy atom. The summed E-state index contributed by atoms with van der Waals surface area (Å²) in [5, 5.41) is 14.0. The minimum atomic E-state index is -3.78. The number of aromatic nitrogens is 3. The molecule has 0 unspecified atom stereocenters. The highest BCUT2D eigenvalue weighted by atomic mass is 32.2. The molecule has 0 radical (unpaired) electrons. The highest BCUT2D eigenvalue weighted by molar-refractivity contribution is 8.00. The first kappa shape index (κ1) is 20.2. The molecule has 0 spiro atoms. The molecule has 2 aromatic rings. The van der Waals surface area contributed by atoms with Crippen LogP contribution in [0.1, 0.15) is 26.7 Å². The van der Waals surface area contributed by atoms with Crippen LogP contribution in [0.5, 0.6) is 0 Å². The van der Waals surface area contributed by atoms with Gasteiger partial charge in [-0.2, -0.15) is 0 Å². The maximum absolute atomic E-state index is 12.3. The topological polar surface area (TPSA) is 140 Å². The van der Waals surface area contributed by atoms with Crippen LogP contribution in [0.15, 0.2) is 39.1 Å². The number of nitrogens with two attached hydrogens (primary N) is 1. The molecule has 1 aromatic heterocycles. The number of sulfonamides is 1. The van der Waals surface area contributed by atoms with Crippen molar-refractivity contribution in [2.75, 3.05) is 5.32 Å². The van der Waals surface area contributed by atoms with Gasteiger partial charge in [0.15, 0.2) is 5.16 Å². The number of anilines is 1. The zero-order chi connectivity index (χ0) is 19.3. The van der Waals surface area contributed by atoms with Crippen molar-refractivity contribution in [3.05, 3.63) is 34.7 Å². The first-order valence-corrected chi connectivity index (χ1v) is 10.4. The number of thioether (sulfide) groups is 1. The summed E-state index contributed by atoms with van der Waals surface area (Å²) in [5.41, 5.74) is 0.146. The Labute approximate surface area is 155 Å². The Morgan fingerprint density at radius 3 is 2.62 bits per heavy atom. The third-order valence-corrected chi connectivity index (χ3v) is 5.58. The van der Waals surface area contributed by atoms with Crippen LogP contribution in [-0.4, -0.2) is 34.3 Å². The zero-order valence-corrected chi connectivity index (χ0v) is 16.1. The number of rotatable bonds is 8. The van der Waals surface area contributed by atoms with Crippen LogP contribution in [0.3, 0.4) is 0 Å².